The van der Waals surface area contributed by atoms with Crippen LogP contribution in [0.25, 0.3) is 0 Å². The van der Waals surface area contributed by atoms with Crippen LogP contribution in [0, 0.1) is 12.8 Å². The standard InChI is InChI=1S/C11H16N4O/c1-8-2-4-13-11(15-8)16-5-3-9-6-10(12)14-7-9/h2,4,6,9,14H,3,5,7,12H2,1H3/t9-/m0/s1. The zero-order valence-electron chi connectivity index (χ0n) is 9.31. The van der Waals surface area contributed by atoms with E-state index >= 15 is 0 Å². The minimum Gasteiger partial charge on any atom is -0.463 e. The number of nitrogens with one attached hydrogen (secondary N) is 1. The molecule has 1 aromatic rings. The van der Waals surface area contributed by atoms with Crippen molar-refractivity contribution in [2.24, 2.45) is 11.7 Å². The first-order valence-corrected chi connectivity index (χ1v) is 5.37. The Labute approximate surface area is 94.7 Å². The summed E-state index contributed by atoms with van der Waals surface area (Å²) in [5.74, 6) is 1.21. The lowest BCUT2D eigenvalue weighted by molar-refractivity contribution is 0.271. The molecule has 0 fully saturated rings. The summed E-state index contributed by atoms with van der Waals surface area (Å²) in [5, 5.41) is 3.08. The first kappa shape index (κ1) is 10.7. The van der Waals surface area contributed by atoms with Crippen LogP contribution in [0.15, 0.2) is 24.2 Å². The van der Waals surface area contributed by atoms with Crippen LogP contribution in [-0.4, -0.2) is 23.1 Å². The van der Waals surface area contributed by atoms with Crippen LogP contribution < -0.4 is 15.8 Å². The van der Waals surface area contributed by atoms with Gasteiger partial charge in [-0.05, 0) is 25.5 Å². The third-order valence-electron chi connectivity index (χ3n) is 2.48. The number of rotatable bonds is 4. The van der Waals surface area contributed by atoms with Crippen molar-refractivity contribution in [3.8, 4) is 6.01 Å². The Balaban J connectivity index is 1.76. The third-order valence-corrected chi connectivity index (χ3v) is 2.48. The maximum Gasteiger partial charge on any atom is 0.316 e. The molecule has 0 radical (unpaired) electrons. The molecule has 2 heterocycles. The molecule has 1 atom stereocenters. The molecule has 0 saturated carbocycles. The second-order valence-electron chi connectivity index (χ2n) is 3.88. The Bertz CT molecular complexity index is 391. The van der Waals surface area contributed by atoms with E-state index in [2.05, 4.69) is 15.3 Å². The van der Waals surface area contributed by atoms with Gasteiger partial charge in [0.25, 0.3) is 0 Å². The van der Waals surface area contributed by atoms with E-state index in [1.807, 2.05) is 19.1 Å². The molecule has 2 rings (SSSR count). The molecule has 16 heavy (non-hydrogen) atoms. The Morgan fingerprint density at radius 3 is 3.19 bits per heavy atom. The summed E-state index contributed by atoms with van der Waals surface area (Å²) in [6.45, 7) is 3.42. The quantitative estimate of drug-likeness (QED) is 0.776. The van der Waals surface area contributed by atoms with Crippen LogP contribution in [0.2, 0.25) is 0 Å². The molecule has 0 aliphatic carbocycles. The highest BCUT2D eigenvalue weighted by Crippen LogP contribution is 2.11. The first-order chi connectivity index (χ1) is 7.74. The van der Waals surface area contributed by atoms with Crippen molar-refractivity contribution in [1.82, 2.24) is 15.3 Å². The van der Waals surface area contributed by atoms with Crippen molar-refractivity contribution in [1.29, 1.82) is 0 Å². The van der Waals surface area contributed by atoms with Crippen LogP contribution >= 0.6 is 0 Å². The van der Waals surface area contributed by atoms with Crippen LogP contribution in [0.5, 0.6) is 6.01 Å². The molecule has 1 aromatic heterocycles. The Morgan fingerprint density at radius 1 is 1.62 bits per heavy atom. The largest absolute Gasteiger partial charge is 0.463 e. The maximum absolute atomic E-state index is 5.61. The molecule has 1 aliphatic rings. The van der Waals surface area contributed by atoms with Gasteiger partial charge in [-0.25, -0.2) is 9.97 Å². The lowest BCUT2D eigenvalue weighted by Gasteiger charge is -2.07. The summed E-state index contributed by atoms with van der Waals surface area (Å²) >= 11 is 0. The molecule has 5 nitrogen and oxygen atoms in total. The normalized spacial score (nSPS) is 19.1. The van der Waals surface area contributed by atoms with Gasteiger partial charge in [-0.3, -0.25) is 0 Å². The van der Waals surface area contributed by atoms with Crippen molar-refractivity contribution in [3.05, 3.63) is 29.9 Å². The van der Waals surface area contributed by atoms with E-state index in [1.54, 1.807) is 6.20 Å². The summed E-state index contributed by atoms with van der Waals surface area (Å²) in [5.41, 5.74) is 6.53. The maximum atomic E-state index is 5.61. The summed E-state index contributed by atoms with van der Waals surface area (Å²) in [6, 6.07) is 2.29. The fourth-order valence-electron chi connectivity index (χ4n) is 1.60. The number of hydrogen-bond donors (Lipinski definition) is 2. The average molecular weight is 220 g/mol. The van der Waals surface area contributed by atoms with Crippen LogP contribution in [0.1, 0.15) is 12.1 Å². The monoisotopic (exact) mass is 220 g/mol. The fraction of sp³-hybridized carbons (Fsp3) is 0.455. The van der Waals surface area contributed by atoms with E-state index in [0.717, 1.165) is 24.5 Å². The van der Waals surface area contributed by atoms with E-state index in [9.17, 15) is 0 Å². The summed E-state index contributed by atoms with van der Waals surface area (Å²) in [4.78, 5) is 8.19. The van der Waals surface area contributed by atoms with Gasteiger partial charge in [0.2, 0.25) is 0 Å². The first-order valence-electron chi connectivity index (χ1n) is 5.37. The lowest BCUT2D eigenvalue weighted by Crippen LogP contribution is -2.17. The zero-order chi connectivity index (χ0) is 11.4. The number of ether oxygens (including phenoxy) is 1. The van der Waals surface area contributed by atoms with Crippen molar-refractivity contribution in [3.63, 3.8) is 0 Å². The molecule has 5 heteroatoms. The molecule has 0 spiro atoms. The van der Waals surface area contributed by atoms with Gasteiger partial charge < -0.3 is 15.8 Å². The molecule has 0 aromatic carbocycles. The van der Waals surface area contributed by atoms with Crippen molar-refractivity contribution in [2.75, 3.05) is 13.2 Å². The van der Waals surface area contributed by atoms with Gasteiger partial charge in [0.1, 0.15) is 0 Å². The highest BCUT2D eigenvalue weighted by molar-refractivity contribution is 5.06. The molecular formula is C11H16N4O. The average Bonchev–Trinajstić information content (AvgIpc) is 2.64. The van der Waals surface area contributed by atoms with Crippen molar-refractivity contribution in [2.45, 2.75) is 13.3 Å². The third kappa shape index (κ3) is 2.85. The number of aromatic nitrogens is 2. The van der Waals surface area contributed by atoms with Crippen LogP contribution in [0.3, 0.4) is 0 Å². The molecule has 1 aliphatic heterocycles. The molecule has 86 valence electrons. The van der Waals surface area contributed by atoms with Gasteiger partial charge in [0, 0.05) is 24.4 Å². The summed E-state index contributed by atoms with van der Waals surface area (Å²) in [7, 11) is 0. The van der Waals surface area contributed by atoms with Gasteiger partial charge in [0.15, 0.2) is 0 Å². The van der Waals surface area contributed by atoms with Gasteiger partial charge in [0.05, 0.1) is 12.4 Å². The number of nitrogens with two attached hydrogens (primary N) is 1. The van der Waals surface area contributed by atoms with E-state index in [-0.39, 0.29) is 0 Å². The minimum atomic E-state index is 0.447. The van der Waals surface area contributed by atoms with Gasteiger partial charge in [-0.15, -0.1) is 0 Å². The number of hydrogen-bond acceptors (Lipinski definition) is 5. The minimum absolute atomic E-state index is 0.447. The zero-order valence-corrected chi connectivity index (χ0v) is 9.31. The Hall–Kier alpha value is -1.78. The number of aryl methyl sites for hydroxylation is 1. The Kier molecular flexibility index (Phi) is 3.24. The van der Waals surface area contributed by atoms with E-state index < -0.39 is 0 Å². The molecule has 0 bridgehead atoms. The lowest BCUT2D eigenvalue weighted by atomic mass is 10.1. The van der Waals surface area contributed by atoms with E-state index in [0.29, 0.717) is 18.5 Å². The highest BCUT2D eigenvalue weighted by Gasteiger charge is 2.12. The van der Waals surface area contributed by atoms with E-state index in [4.69, 9.17) is 10.5 Å². The SMILES string of the molecule is Cc1ccnc(OCC[C@H]2C=C(N)NC2)n1. The fourth-order valence-corrected chi connectivity index (χ4v) is 1.60. The summed E-state index contributed by atoms with van der Waals surface area (Å²) in [6.07, 6.45) is 4.65. The van der Waals surface area contributed by atoms with Crippen molar-refractivity contribution < 1.29 is 4.74 Å². The molecule has 0 amide bonds. The van der Waals surface area contributed by atoms with Crippen LogP contribution in [0.4, 0.5) is 0 Å². The van der Waals surface area contributed by atoms with E-state index in [1.165, 1.54) is 0 Å². The van der Waals surface area contributed by atoms with Crippen LogP contribution in [-0.2, 0) is 0 Å². The molecular weight excluding hydrogens is 204 g/mol. The Morgan fingerprint density at radius 2 is 2.50 bits per heavy atom. The molecule has 3 N–H and O–H groups in total. The predicted octanol–water partition coefficient (Wildman–Crippen LogP) is 0.573. The van der Waals surface area contributed by atoms with Gasteiger partial charge in [-0.1, -0.05) is 0 Å². The van der Waals surface area contributed by atoms with Crippen molar-refractivity contribution >= 4 is 0 Å². The molecule has 0 saturated heterocycles. The number of nitrogens with zero attached hydrogens (tertiary/aromatic N) is 2. The molecule has 0 unspecified atom stereocenters. The predicted molar refractivity (Wildman–Crippen MR) is 60.6 cm³/mol. The topological polar surface area (TPSA) is 73.1 Å². The second kappa shape index (κ2) is 4.83. The van der Waals surface area contributed by atoms with Gasteiger partial charge >= 0.3 is 6.01 Å². The summed E-state index contributed by atoms with van der Waals surface area (Å²) < 4.78 is 5.46. The smallest absolute Gasteiger partial charge is 0.316 e. The highest BCUT2D eigenvalue weighted by atomic mass is 16.5. The second-order valence-corrected chi connectivity index (χ2v) is 3.88. The van der Waals surface area contributed by atoms with Gasteiger partial charge in [-0.2, -0.15) is 0 Å².